The van der Waals surface area contributed by atoms with E-state index in [0.29, 0.717) is 0 Å². The molecule has 0 radical (unpaired) electrons. The van der Waals surface area contributed by atoms with E-state index in [4.69, 9.17) is 0 Å². The maximum absolute atomic E-state index is 10.5. The molecule has 1 aliphatic carbocycles. The van der Waals surface area contributed by atoms with Crippen LogP contribution >= 0.6 is 0 Å². The molecule has 2 aromatic rings. The second-order valence-corrected chi connectivity index (χ2v) is 5.71. The average Bonchev–Trinajstić information content (AvgIpc) is 2.89. The van der Waals surface area contributed by atoms with Crippen molar-refractivity contribution in [2.45, 2.75) is 37.5 Å². The van der Waals surface area contributed by atoms with Crippen molar-refractivity contribution in [3.05, 3.63) is 71.8 Å². The fourth-order valence-corrected chi connectivity index (χ4v) is 3.37. The van der Waals surface area contributed by atoms with Crippen LogP contribution in [0.1, 0.15) is 30.4 Å². The molecule has 0 unspecified atom stereocenters. The molecule has 3 N–H and O–H groups in total. The molecule has 0 spiro atoms. The summed E-state index contributed by atoms with van der Waals surface area (Å²) in [7, 11) is 0. The number of hydrogen-bond donors (Lipinski definition) is 2. The zero-order valence-electron chi connectivity index (χ0n) is 11.7. The fourth-order valence-electron chi connectivity index (χ4n) is 3.37. The third-order valence-electron chi connectivity index (χ3n) is 4.52. The lowest BCUT2D eigenvalue weighted by Crippen LogP contribution is -2.95. The van der Waals surface area contributed by atoms with Gasteiger partial charge in [-0.05, 0) is 12.8 Å². The van der Waals surface area contributed by atoms with Crippen LogP contribution in [-0.4, -0.2) is 11.2 Å². The number of benzene rings is 2. The van der Waals surface area contributed by atoms with Gasteiger partial charge in [-0.2, -0.15) is 0 Å². The molecule has 0 amide bonds. The van der Waals surface area contributed by atoms with Gasteiger partial charge in [0.1, 0.15) is 18.2 Å². The van der Waals surface area contributed by atoms with Gasteiger partial charge in [-0.1, -0.05) is 60.7 Å². The molecule has 0 saturated heterocycles. The van der Waals surface area contributed by atoms with E-state index >= 15 is 0 Å². The minimum atomic E-state index is -0.256. The molecule has 2 atom stereocenters. The highest BCUT2D eigenvalue weighted by Gasteiger charge is 2.46. The smallest absolute Gasteiger partial charge is 0.148 e. The number of quaternary nitrogens is 1. The fraction of sp³-hybridized carbons (Fsp3) is 0.333. The Labute approximate surface area is 120 Å². The van der Waals surface area contributed by atoms with Crippen LogP contribution in [0.2, 0.25) is 0 Å². The van der Waals surface area contributed by atoms with Crippen LogP contribution in [-0.2, 0) is 12.1 Å². The van der Waals surface area contributed by atoms with Crippen molar-refractivity contribution >= 4 is 0 Å². The van der Waals surface area contributed by atoms with Crippen LogP contribution in [0.25, 0.3) is 0 Å². The quantitative estimate of drug-likeness (QED) is 0.876. The van der Waals surface area contributed by atoms with Gasteiger partial charge in [0, 0.05) is 17.5 Å². The highest BCUT2D eigenvalue weighted by molar-refractivity contribution is 5.25. The van der Waals surface area contributed by atoms with E-state index in [1.807, 2.05) is 12.1 Å². The Morgan fingerprint density at radius 3 is 2.25 bits per heavy atom. The first-order chi connectivity index (χ1) is 9.81. The van der Waals surface area contributed by atoms with Gasteiger partial charge in [0.15, 0.2) is 0 Å². The predicted molar refractivity (Wildman–Crippen MR) is 80.0 cm³/mol. The van der Waals surface area contributed by atoms with E-state index in [1.54, 1.807) is 0 Å². The van der Waals surface area contributed by atoms with Gasteiger partial charge < -0.3 is 10.4 Å². The Hall–Kier alpha value is -1.64. The normalized spacial score (nSPS) is 25.8. The SMILES string of the molecule is O[C@@H]1CCC[C@@]1([NH2+]Cc1ccccc1)c1ccccc1. The van der Waals surface area contributed by atoms with Crippen LogP contribution in [0.5, 0.6) is 0 Å². The summed E-state index contributed by atoms with van der Waals surface area (Å²) in [5.74, 6) is 0. The monoisotopic (exact) mass is 268 g/mol. The lowest BCUT2D eigenvalue weighted by Gasteiger charge is -2.31. The minimum Gasteiger partial charge on any atom is -0.386 e. The molecule has 104 valence electrons. The summed E-state index contributed by atoms with van der Waals surface area (Å²) in [6.07, 6.45) is 2.79. The number of nitrogens with two attached hydrogens (primary N) is 1. The Kier molecular flexibility index (Phi) is 3.86. The van der Waals surface area contributed by atoms with E-state index in [0.717, 1.165) is 25.8 Å². The third kappa shape index (κ3) is 2.49. The standard InChI is InChI=1S/C18H21NO/c20-17-12-7-13-18(17,16-10-5-2-6-11-16)19-14-15-8-3-1-4-9-15/h1-6,8-11,17,19-20H,7,12-14H2/p+1/t17-,18-/m1/s1. The van der Waals surface area contributed by atoms with Crippen LogP contribution in [0.4, 0.5) is 0 Å². The first-order valence-electron chi connectivity index (χ1n) is 7.43. The molecule has 0 heterocycles. The van der Waals surface area contributed by atoms with Gasteiger partial charge in [-0.3, -0.25) is 0 Å². The summed E-state index contributed by atoms with van der Waals surface area (Å²) in [6, 6.07) is 21.0. The van der Waals surface area contributed by atoms with Gasteiger partial charge >= 0.3 is 0 Å². The van der Waals surface area contributed by atoms with Crippen LogP contribution in [0.3, 0.4) is 0 Å². The Bertz CT molecular complexity index is 540. The molecule has 20 heavy (non-hydrogen) atoms. The van der Waals surface area contributed by atoms with Crippen LogP contribution in [0.15, 0.2) is 60.7 Å². The predicted octanol–water partition coefficient (Wildman–Crippen LogP) is 2.19. The minimum absolute atomic E-state index is 0.170. The van der Waals surface area contributed by atoms with Gasteiger partial charge in [-0.25, -0.2) is 0 Å². The summed E-state index contributed by atoms with van der Waals surface area (Å²) in [6.45, 7) is 0.910. The van der Waals surface area contributed by atoms with E-state index in [2.05, 4.69) is 53.8 Å². The molecule has 1 aliphatic rings. The van der Waals surface area contributed by atoms with Gasteiger partial charge in [0.2, 0.25) is 0 Å². The third-order valence-corrected chi connectivity index (χ3v) is 4.52. The van der Waals surface area contributed by atoms with Gasteiger partial charge in [0.25, 0.3) is 0 Å². The lowest BCUT2D eigenvalue weighted by atomic mass is 9.86. The van der Waals surface area contributed by atoms with Crippen molar-refractivity contribution in [1.29, 1.82) is 0 Å². The zero-order chi connectivity index (χ0) is 13.8. The molecule has 0 aromatic heterocycles. The molecule has 2 nitrogen and oxygen atoms in total. The maximum atomic E-state index is 10.5. The lowest BCUT2D eigenvalue weighted by molar-refractivity contribution is -0.756. The van der Waals surface area contributed by atoms with E-state index in [9.17, 15) is 5.11 Å². The summed E-state index contributed by atoms with van der Waals surface area (Å²) < 4.78 is 0. The molecular weight excluding hydrogens is 246 g/mol. The molecular formula is C18H22NO+. The van der Waals surface area contributed by atoms with Crippen molar-refractivity contribution in [3.8, 4) is 0 Å². The Morgan fingerprint density at radius 2 is 1.65 bits per heavy atom. The Balaban J connectivity index is 1.84. The number of aliphatic hydroxyl groups excluding tert-OH is 1. The van der Waals surface area contributed by atoms with E-state index in [1.165, 1.54) is 11.1 Å². The van der Waals surface area contributed by atoms with Crippen molar-refractivity contribution in [3.63, 3.8) is 0 Å². The average molecular weight is 268 g/mol. The highest BCUT2D eigenvalue weighted by Crippen LogP contribution is 2.35. The molecule has 3 rings (SSSR count). The highest BCUT2D eigenvalue weighted by atomic mass is 16.3. The molecule has 0 aliphatic heterocycles. The molecule has 2 aromatic carbocycles. The largest absolute Gasteiger partial charge is 0.386 e. The first kappa shape index (κ1) is 13.3. The van der Waals surface area contributed by atoms with Crippen molar-refractivity contribution in [2.75, 3.05) is 0 Å². The second kappa shape index (κ2) is 5.78. The maximum Gasteiger partial charge on any atom is 0.148 e. The molecule has 2 heteroatoms. The molecule has 1 fully saturated rings. The molecule has 0 bridgehead atoms. The summed E-state index contributed by atoms with van der Waals surface area (Å²) in [4.78, 5) is 0. The van der Waals surface area contributed by atoms with Crippen LogP contribution in [0, 0.1) is 0 Å². The van der Waals surface area contributed by atoms with E-state index in [-0.39, 0.29) is 11.6 Å². The van der Waals surface area contributed by atoms with Crippen molar-refractivity contribution < 1.29 is 10.4 Å². The topological polar surface area (TPSA) is 36.8 Å². The van der Waals surface area contributed by atoms with E-state index < -0.39 is 0 Å². The van der Waals surface area contributed by atoms with Gasteiger partial charge in [0.05, 0.1) is 0 Å². The Morgan fingerprint density at radius 1 is 1.00 bits per heavy atom. The molecule has 1 saturated carbocycles. The number of hydrogen-bond acceptors (Lipinski definition) is 1. The summed E-state index contributed by atoms with van der Waals surface area (Å²) in [5, 5.41) is 12.9. The van der Waals surface area contributed by atoms with Crippen molar-refractivity contribution in [2.24, 2.45) is 0 Å². The number of aliphatic hydroxyl groups is 1. The van der Waals surface area contributed by atoms with Crippen molar-refractivity contribution in [1.82, 2.24) is 0 Å². The summed E-state index contributed by atoms with van der Waals surface area (Å²) >= 11 is 0. The van der Waals surface area contributed by atoms with Crippen LogP contribution < -0.4 is 5.32 Å². The van der Waals surface area contributed by atoms with Gasteiger partial charge in [-0.15, -0.1) is 0 Å². The summed E-state index contributed by atoms with van der Waals surface area (Å²) in [5.41, 5.74) is 2.39. The zero-order valence-corrected chi connectivity index (χ0v) is 11.7. The first-order valence-corrected chi connectivity index (χ1v) is 7.43. The second-order valence-electron chi connectivity index (χ2n) is 5.71. The number of rotatable bonds is 4.